The molecule has 3 rings (SSSR count). The average Bonchev–Trinajstić information content (AvgIpc) is 2.91. The Labute approximate surface area is 131 Å². The Morgan fingerprint density at radius 3 is 2.71 bits per heavy atom. The molecular formula is C17H15BrFNO. The van der Waals surface area contributed by atoms with Crippen molar-refractivity contribution < 1.29 is 8.81 Å². The molecule has 0 spiro atoms. The molecule has 1 N–H and O–H groups in total. The van der Waals surface area contributed by atoms with Crippen LogP contribution in [0.3, 0.4) is 0 Å². The maximum Gasteiger partial charge on any atom is 0.137 e. The van der Waals surface area contributed by atoms with Gasteiger partial charge in [-0.05, 0) is 52.3 Å². The van der Waals surface area contributed by atoms with E-state index in [4.69, 9.17) is 4.42 Å². The van der Waals surface area contributed by atoms with E-state index in [9.17, 15) is 4.39 Å². The van der Waals surface area contributed by atoms with E-state index in [-0.39, 0.29) is 11.9 Å². The van der Waals surface area contributed by atoms with Crippen LogP contribution in [0.5, 0.6) is 0 Å². The van der Waals surface area contributed by atoms with Crippen LogP contribution in [-0.4, -0.2) is 6.54 Å². The zero-order chi connectivity index (χ0) is 14.8. The van der Waals surface area contributed by atoms with Crippen LogP contribution in [0.1, 0.15) is 24.3 Å². The smallest absolute Gasteiger partial charge is 0.137 e. The first-order chi connectivity index (χ1) is 10.2. The number of halogens is 2. The molecule has 0 aliphatic heterocycles. The van der Waals surface area contributed by atoms with Crippen molar-refractivity contribution in [3.63, 3.8) is 0 Å². The van der Waals surface area contributed by atoms with Gasteiger partial charge in [0.2, 0.25) is 0 Å². The molecule has 0 aliphatic rings. The van der Waals surface area contributed by atoms with Gasteiger partial charge in [-0.3, -0.25) is 0 Å². The van der Waals surface area contributed by atoms with Crippen molar-refractivity contribution in [2.45, 2.75) is 13.0 Å². The van der Waals surface area contributed by atoms with E-state index in [0.717, 1.165) is 28.8 Å². The first-order valence-electron chi connectivity index (χ1n) is 6.86. The lowest BCUT2D eigenvalue weighted by atomic mass is 10.0. The van der Waals surface area contributed by atoms with E-state index in [1.165, 1.54) is 6.07 Å². The first-order valence-corrected chi connectivity index (χ1v) is 7.65. The maximum absolute atomic E-state index is 13.8. The molecule has 1 heterocycles. The topological polar surface area (TPSA) is 25.2 Å². The molecule has 0 aliphatic carbocycles. The van der Waals surface area contributed by atoms with Gasteiger partial charge in [0.1, 0.15) is 17.2 Å². The Bertz CT molecular complexity index is 735. The number of hydrogen-bond acceptors (Lipinski definition) is 2. The highest BCUT2D eigenvalue weighted by molar-refractivity contribution is 9.10. The number of furan rings is 1. The molecule has 4 heteroatoms. The lowest BCUT2D eigenvalue weighted by Gasteiger charge is -2.16. The molecule has 1 unspecified atom stereocenters. The first kappa shape index (κ1) is 14.3. The number of fused-ring (bicyclic) bond motifs is 1. The Kier molecular flexibility index (Phi) is 4.08. The fourth-order valence-corrected chi connectivity index (χ4v) is 2.67. The summed E-state index contributed by atoms with van der Waals surface area (Å²) in [6, 6.07) is 14.8. The predicted octanol–water partition coefficient (Wildman–Crippen LogP) is 5.03. The summed E-state index contributed by atoms with van der Waals surface area (Å²) in [5, 5.41) is 4.40. The van der Waals surface area contributed by atoms with Crippen molar-refractivity contribution >= 4 is 26.9 Å². The SMILES string of the molecule is CCNC(c1ccc(Br)c(F)c1)c1cc2ccccc2o1. The summed E-state index contributed by atoms with van der Waals surface area (Å²) in [5.74, 6) is 0.520. The van der Waals surface area contributed by atoms with Crippen LogP contribution >= 0.6 is 15.9 Å². The van der Waals surface area contributed by atoms with Gasteiger partial charge in [0, 0.05) is 5.39 Å². The predicted molar refractivity (Wildman–Crippen MR) is 85.8 cm³/mol. The van der Waals surface area contributed by atoms with Crippen molar-refractivity contribution in [2.24, 2.45) is 0 Å². The van der Waals surface area contributed by atoms with Gasteiger partial charge in [0.25, 0.3) is 0 Å². The van der Waals surface area contributed by atoms with E-state index in [0.29, 0.717) is 4.47 Å². The Hall–Kier alpha value is -1.65. The van der Waals surface area contributed by atoms with Crippen LogP contribution in [0.4, 0.5) is 4.39 Å². The number of rotatable bonds is 4. The molecule has 0 saturated heterocycles. The third-order valence-electron chi connectivity index (χ3n) is 3.41. The standard InChI is InChI=1S/C17H15BrFNO/c1-2-20-17(12-7-8-13(18)14(19)9-12)16-10-11-5-3-4-6-15(11)21-16/h3-10,17,20H,2H2,1H3. The van der Waals surface area contributed by atoms with Crippen molar-refractivity contribution in [3.05, 3.63) is 70.1 Å². The largest absolute Gasteiger partial charge is 0.459 e. The van der Waals surface area contributed by atoms with E-state index in [1.807, 2.05) is 43.3 Å². The van der Waals surface area contributed by atoms with Gasteiger partial charge in [-0.2, -0.15) is 0 Å². The third-order valence-corrected chi connectivity index (χ3v) is 4.06. The Balaban J connectivity index is 2.05. The number of hydrogen-bond donors (Lipinski definition) is 1. The van der Waals surface area contributed by atoms with Gasteiger partial charge in [0.05, 0.1) is 10.5 Å². The zero-order valence-electron chi connectivity index (χ0n) is 11.6. The van der Waals surface area contributed by atoms with Crippen LogP contribution in [0.25, 0.3) is 11.0 Å². The van der Waals surface area contributed by atoms with Crippen LogP contribution in [0, 0.1) is 5.82 Å². The van der Waals surface area contributed by atoms with E-state index >= 15 is 0 Å². The minimum atomic E-state index is -0.272. The van der Waals surface area contributed by atoms with Gasteiger partial charge >= 0.3 is 0 Å². The van der Waals surface area contributed by atoms with Crippen LogP contribution in [-0.2, 0) is 0 Å². The second kappa shape index (κ2) is 6.00. The van der Waals surface area contributed by atoms with Crippen LogP contribution in [0.15, 0.2) is 57.4 Å². The van der Waals surface area contributed by atoms with Crippen molar-refractivity contribution in [1.82, 2.24) is 5.32 Å². The summed E-state index contributed by atoms with van der Waals surface area (Å²) >= 11 is 3.18. The fourth-order valence-electron chi connectivity index (χ4n) is 2.42. The lowest BCUT2D eigenvalue weighted by molar-refractivity contribution is 0.475. The second-order valence-corrected chi connectivity index (χ2v) is 5.71. The summed E-state index contributed by atoms with van der Waals surface area (Å²) in [6.07, 6.45) is 0. The lowest BCUT2D eigenvalue weighted by Crippen LogP contribution is -2.21. The van der Waals surface area contributed by atoms with Crippen molar-refractivity contribution in [1.29, 1.82) is 0 Å². The summed E-state index contributed by atoms with van der Waals surface area (Å²) in [7, 11) is 0. The average molecular weight is 348 g/mol. The van der Waals surface area contributed by atoms with E-state index < -0.39 is 0 Å². The summed E-state index contributed by atoms with van der Waals surface area (Å²) in [5.41, 5.74) is 1.68. The normalized spacial score (nSPS) is 12.7. The highest BCUT2D eigenvalue weighted by atomic mass is 79.9. The molecule has 1 aromatic heterocycles. The van der Waals surface area contributed by atoms with Gasteiger partial charge < -0.3 is 9.73 Å². The molecule has 2 nitrogen and oxygen atoms in total. The fraction of sp³-hybridized carbons (Fsp3) is 0.176. The van der Waals surface area contributed by atoms with Crippen molar-refractivity contribution in [3.8, 4) is 0 Å². The quantitative estimate of drug-likeness (QED) is 0.715. The van der Waals surface area contributed by atoms with Gasteiger partial charge in [-0.15, -0.1) is 0 Å². The second-order valence-electron chi connectivity index (χ2n) is 4.85. The minimum Gasteiger partial charge on any atom is -0.459 e. The van der Waals surface area contributed by atoms with E-state index in [1.54, 1.807) is 6.07 Å². The Morgan fingerprint density at radius 1 is 1.19 bits per heavy atom. The molecule has 0 amide bonds. The van der Waals surface area contributed by atoms with Gasteiger partial charge in [-0.1, -0.05) is 31.2 Å². The monoisotopic (exact) mass is 347 g/mol. The van der Waals surface area contributed by atoms with Gasteiger partial charge in [0.15, 0.2) is 0 Å². The molecule has 3 aromatic rings. The number of benzene rings is 2. The summed E-state index contributed by atoms with van der Waals surface area (Å²) in [4.78, 5) is 0. The molecular weight excluding hydrogens is 333 g/mol. The van der Waals surface area contributed by atoms with Gasteiger partial charge in [-0.25, -0.2) is 4.39 Å². The molecule has 0 bridgehead atoms. The number of nitrogens with one attached hydrogen (secondary N) is 1. The highest BCUT2D eigenvalue weighted by Crippen LogP contribution is 2.29. The molecule has 0 fully saturated rings. The van der Waals surface area contributed by atoms with Crippen molar-refractivity contribution in [2.75, 3.05) is 6.54 Å². The summed E-state index contributed by atoms with van der Waals surface area (Å²) in [6.45, 7) is 2.78. The van der Waals surface area contributed by atoms with Crippen LogP contribution in [0.2, 0.25) is 0 Å². The molecule has 21 heavy (non-hydrogen) atoms. The third kappa shape index (κ3) is 2.87. The molecule has 1 atom stereocenters. The number of para-hydroxylation sites is 1. The van der Waals surface area contributed by atoms with Crippen LogP contribution < -0.4 is 5.32 Å². The molecule has 2 aromatic carbocycles. The zero-order valence-corrected chi connectivity index (χ0v) is 13.2. The molecule has 0 radical (unpaired) electrons. The summed E-state index contributed by atoms with van der Waals surface area (Å²) < 4.78 is 20.2. The molecule has 108 valence electrons. The molecule has 0 saturated carbocycles. The maximum atomic E-state index is 13.8. The minimum absolute atomic E-state index is 0.162. The highest BCUT2D eigenvalue weighted by Gasteiger charge is 2.18. The Morgan fingerprint density at radius 2 is 2.00 bits per heavy atom. The van der Waals surface area contributed by atoms with E-state index in [2.05, 4.69) is 21.2 Å².